The topological polar surface area (TPSA) is 93.5 Å². The number of nitrogens with zero attached hydrogens (tertiary/aromatic N) is 1. The van der Waals surface area contributed by atoms with Gasteiger partial charge in [-0.05, 0) is 30.5 Å². The van der Waals surface area contributed by atoms with Gasteiger partial charge in [-0.3, -0.25) is 9.59 Å². The van der Waals surface area contributed by atoms with Crippen molar-refractivity contribution in [2.75, 3.05) is 19.0 Å². The summed E-state index contributed by atoms with van der Waals surface area (Å²) in [5.74, 6) is 1.19. The van der Waals surface area contributed by atoms with E-state index in [0.717, 1.165) is 4.88 Å². The number of hydrogen-bond acceptors (Lipinski definition) is 6. The highest BCUT2D eigenvalue weighted by Crippen LogP contribution is 2.26. The molecule has 8 heteroatoms. The van der Waals surface area contributed by atoms with Gasteiger partial charge >= 0.3 is 0 Å². The second kappa shape index (κ2) is 8.50. The van der Waals surface area contributed by atoms with Gasteiger partial charge in [0.2, 0.25) is 11.8 Å². The van der Waals surface area contributed by atoms with Gasteiger partial charge in [-0.25, -0.2) is 4.98 Å². The summed E-state index contributed by atoms with van der Waals surface area (Å²) in [6.07, 6.45) is 0.101. The van der Waals surface area contributed by atoms with Crippen LogP contribution in [0.25, 0.3) is 10.8 Å². The summed E-state index contributed by atoms with van der Waals surface area (Å²) in [6.45, 7) is 1.71. The first-order valence-electron chi connectivity index (χ1n) is 8.28. The lowest BCUT2D eigenvalue weighted by Gasteiger charge is -2.08. The molecule has 2 aromatic heterocycles. The highest BCUT2D eigenvalue weighted by molar-refractivity contribution is 7.13. The monoisotopic (exact) mass is 385 g/mol. The Morgan fingerprint density at radius 1 is 1.22 bits per heavy atom. The maximum Gasteiger partial charge on any atom is 0.257 e. The fraction of sp³-hybridized carbons (Fsp3) is 0.211. The number of nitrogens with one attached hydrogen (secondary N) is 2. The normalized spacial score (nSPS) is 10.4. The summed E-state index contributed by atoms with van der Waals surface area (Å²) >= 11 is 1.53. The largest absolute Gasteiger partial charge is 0.484 e. The molecule has 7 nitrogen and oxygen atoms in total. The molecule has 0 bridgehead atoms. The first kappa shape index (κ1) is 18.7. The number of carbonyl (C=O) groups excluding carboxylic acids is 2. The number of rotatable bonds is 7. The molecule has 0 unspecified atom stereocenters. The molecule has 27 heavy (non-hydrogen) atoms. The van der Waals surface area contributed by atoms with Crippen LogP contribution < -0.4 is 15.4 Å². The maximum atomic E-state index is 12.4. The number of carbonyl (C=O) groups is 2. The molecular formula is C19H19N3O4S. The molecule has 1 aromatic carbocycles. The average Bonchev–Trinajstić information content (AvgIpc) is 3.30. The van der Waals surface area contributed by atoms with E-state index in [1.807, 2.05) is 17.5 Å². The van der Waals surface area contributed by atoms with Crippen molar-refractivity contribution in [3.8, 4) is 16.5 Å². The van der Waals surface area contributed by atoms with Crippen LogP contribution in [0.15, 0.2) is 46.2 Å². The minimum atomic E-state index is -0.229. The molecule has 0 aliphatic rings. The highest BCUT2D eigenvalue weighted by Gasteiger charge is 2.15. The molecule has 2 heterocycles. The van der Waals surface area contributed by atoms with Gasteiger partial charge in [0.05, 0.1) is 17.0 Å². The Morgan fingerprint density at radius 3 is 2.81 bits per heavy atom. The number of aromatic nitrogens is 1. The Hall–Kier alpha value is -3.13. The van der Waals surface area contributed by atoms with Crippen LogP contribution >= 0.6 is 11.3 Å². The number of aryl methyl sites for hydroxylation is 1. The second-order valence-corrected chi connectivity index (χ2v) is 6.66. The number of oxazole rings is 1. The van der Waals surface area contributed by atoms with E-state index in [0.29, 0.717) is 28.8 Å². The number of amides is 2. The van der Waals surface area contributed by atoms with Gasteiger partial charge in [0.1, 0.15) is 11.5 Å². The van der Waals surface area contributed by atoms with E-state index in [-0.39, 0.29) is 24.8 Å². The lowest BCUT2D eigenvalue weighted by Crippen LogP contribution is -2.24. The molecule has 2 amide bonds. The van der Waals surface area contributed by atoms with Gasteiger partial charge in [-0.15, -0.1) is 11.3 Å². The van der Waals surface area contributed by atoms with E-state index in [4.69, 9.17) is 9.15 Å². The summed E-state index contributed by atoms with van der Waals surface area (Å²) in [5.41, 5.74) is 1.18. The number of likely N-dealkylation sites (N-methyl/N-ethyl adjacent to an activating group) is 1. The zero-order chi connectivity index (χ0) is 19.2. The molecule has 2 N–H and O–H groups in total. The highest BCUT2D eigenvalue weighted by atomic mass is 32.1. The van der Waals surface area contributed by atoms with Crippen molar-refractivity contribution in [1.29, 1.82) is 0 Å². The third kappa shape index (κ3) is 4.95. The molecule has 0 fully saturated rings. The van der Waals surface area contributed by atoms with Crippen molar-refractivity contribution < 1.29 is 18.7 Å². The molecule has 0 saturated carbocycles. The van der Waals surface area contributed by atoms with E-state index in [1.54, 1.807) is 31.2 Å². The van der Waals surface area contributed by atoms with Crippen molar-refractivity contribution in [1.82, 2.24) is 10.3 Å². The van der Waals surface area contributed by atoms with Crippen LogP contribution in [0.1, 0.15) is 11.5 Å². The van der Waals surface area contributed by atoms with Gasteiger partial charge in [-0.1, -0.05) is 12.1 Å². The van der Waals surface area contributed by atoms with Crippen molar-refractivity contribution in [2.24, 2.45) is 0 Å². The van der Waals surface area contributed by atoms with E-state index < -0.39 is 0 Å². The molecule has 140 valence electrons. The Morgan fingerprint density at radius 2 is 2.07 bits per heavy atom. The first-order chi connectivity index (χ1) is 13.0. The lowest BCUT2D eigenvalue weighted by molar-refractivity contribution is -0.122. The molecular weight excluding hydrogens is 366 g/mol. The van der Waals surface area contributed by atoms with Gasteiger partial charge in [0, 0.05) is 18.8 Å². The Labute approximate surface area is 160 Å². The predicted octanol–water partition coefficient (Wildman–Crippen LogP) is 3.02. The fourth-order valence-electron chi connectivity index (χ4n) is 2.34. The number of thiophene rings is 1. The smallest absolute Gasteiger partial charge is 0.257 e. The van der Waals surface area contributed by atoms with Crippen LogP contribution in [0.5, 0.6) is 5.75 Å². The van der Waals surface area contributed by atoms with Gasteiger partial charge in [0.25, 0.3) is 5.91 Å². The van der Waals surface area contributed by atoms with E-state index >= 15 is 0 Å². The van der Waals surface area contributed by atoms with Crippen LogP contribution in [0.3, 0.4) is 0 Å². The van der Waals surface area contributed by atoms with Gasteiger partial charge < -0.3 is 19.8 Å². The minimum absolute atomic E-state index is 0.0858. The van der Waals surface area contributed by atoms with Crippen molar-refractivity contribution >= 4 is 28.8 Å². The summed E-state index contributed by atoms with van der Waals surface area (Å²) in [7, 11) is 1.54. The van der Waals surface area contributed by atoms with Crippen LogP contribution in [-0.2, 0) is 16.0 Å². The van der Waals surface area contributed by atoms with Crippen LogP contribution in [0, 0.1) is 6.92 Å². The zero-order valence-electron chi connectivity index (χ0n) is 14.9. The minimum Gasteiger partial charge on any atom is -0.484 e. The van der Waals surface area contributed by atoms with Crippen LogP contribution in [0.2, 0.25) is 0 Å². The van der Waals surface area contributed by atoms with Crippen molar-refractivity contribution in [3.05, 3.63) is 53.2 Å². The summed E-state index contributed by atoms with van der Waals surface area (Å²) in [5, 5.41) is 7.23. The van der Waals surface area contributed by atoms with Crippen molar-refractivity contribution in [2.45, 2.75) is 13.3 Å². The quantitative estimate of drug-likeness (QED) is 0.652. The maximum absolute atomic E-state index is 12.4. The SMILES string of the molecule is CNC(=O)COc1cccc(NC(=O)Cc2nc(-c3cccs3)oc2C)c1. The van der Waals surface area contributed by atoms with Crippen LogP contribution in [0.4, 0.5) is 5.69 Å². The lowest BCUT2D eigenvalue weighted by atomic mass is 10.2. The summed E-state index contributed by atoms with van der Waals surface area (Å²) in [4.78, 5) is 29.0. The Kier molecular flexibility index (Phi) is 5.87. The summed E-state index contributed by atoms with van der Waals surface area (Å²) < 4.78 is 11.0. The fourth-order valence-corrected chi connectivity index (χ4v) is 2.99. The molecule has 0 radical (unpaired) electrons. The van der Waals surface area contributed by atoms with Gasteiger partial charge in [0.15, 0.2) is 6.61 Å². The standard InChI is InChI=1S/C19H19N3O4S/c1-12-15(22-19(26-12)16-7-4-8-27-16)10-17(23)21-13-5-3-6-14(9-13)25-11-18(24)20-2/h3-9H,10-11H2,1-2H3,(H,20,24)(H,21,23). The molecule has 0 aliphatic heterocycles. The summed E-state index contributed by atoms with van der Waals surface area (Å²) in [6, 6.07) is 10.7. The zero-order valence-corrected chi connectivity index (χ0v) is 15.8. The molecule has 3 aromatic rings. The van der Waals surface area contributed by atoms with E-state index in [9.17, 15) is 9.59 Å². The first-order valence-corrected chi connectivity index (χ1v) is 9.16. The molecule has 0 atom stereocenters. The molecule has 0 aliphatic carbocycles. The average molecular weight is 385 g/mol. The third-order valence-electron chi connectivity index (χ3n) is 3.72. The third-order valence-corrected chi connectivity index (χ3v) is 4.58. The van der Waals surface area contributed by atoms with Crippen molar-refractivity contribution in [3.63, 3.8) is 0 Å². The van der Waals surface area contributed by atoms with E-state index in [2.05, 4.69) is 15.6 Å². The van der Waals surface area contributed by atoms with E-state index in [1.165, 1.54) is 18.4 Å². The number of benzene rings is 1. The Bertz CT molecular complexity index is 934. The predicted molar refractivity (Wildman–Crippen MR) is 103 cm³/mol. The molecule has 0 spiro atoms. The van der Waals surface area contributed by atoms with Gasteiger partial charge in [-0.2, -0.15) is 0 Å². The number of hydrogen-bond donors (Lipinski definition) is 2. The van der Waals surface area contributed by atoms with Crippen LogP contribution in [-0.4, -0.2) is 30.5 Å². The number of ether oxygens (including phenoxy) is 1. The molecule has 3 rings (SSSR count). The molecule has 0 saturated heterocycles. The second-order valence-electron chi connectivity index (χ2n) is 5.71. The number of anilines is 1. The Balaban J connectivity index is 1.62.